The maximum Gasteiger partial charge on any atom is 0.333 e. The summed E-state index contributed by atoms with van der Waals surface area (Å²) in [5.41, 5.74) is 0.631. The Kier molecular flexibility index (Phi) is 5.40. The van der Waals surface area contributed by atoms with E-state index in [-0.39, 0.29) is 5.97 Å². The summed E-state index contributed by atoms with van der Waals surface area (Å²) in [6.07, 6.45) is 8.19. The van der Waals surface area contributed by atoms with Crippen molar-refractivity contribution >= 4 is 5.97 Å². The monoisotopic (exact) mass is 212 g/mol. The molecule has 0 saturated carbocycles. The van der Waals surface area contributed by atoms with Crippen molar-refractivity contribution in [3.05, 3.63) is 11.6 Å². The molecule has 1 rings (SSSR count). The molecule has 0 radical (unpaired) electrons. The molecule has 0 aliphatic heterocycles. The summed E-state index contributed by atoms with van der Waals surface area (Å²) in [6, 6.07) is 0. The third kappa shape index (κ3) is 4.47. The molecule has 1 N–H and O–H groups in total. The summed E-state index contributed by atoms with van der Waals surface area (Å²) in [4.78, 5) is 11.4. The number of allylic oxidation sites excluding steroid dienone is 1. The van der Waals surface area contributed by atoms with Crippen LogP contribution >= 0.6 is 0 Å². The van der Waals surface area contributed by atoms with Gasteiger partial charge in [0.25, 0.3) is 0 Å². The molecule has 1 unspecified atom stereocenters. The average Bonchev–Trinajstić information content (AvgIpc) is 2.25. The van der Waals surface area contributed by atoms with Crippen molar-refractivity contribution in [1.82, 2.24) is 0 Å². The largest absolute Gasteiger partial charge is 0.466 e. The number of carbonyl (C=O) groups excluding carboxylic acids is 1. The molecular formula is C12H20O3. The third-order valence-corrected chi connectivity index (χ3v) is 2.79. The van der Waals surface area contributed by atoms with E-state index in [9.17, 15) is 9.90 Å². The van der Waals surface area contributed by atoms with Crippen LogP contribution in [0.5, 0.6) is 0 Å². The molecule has 1 atom stereocenters. The smallest absolute Gasteiger partial charge is 0.333 e. The molecule has 1 aliphatic carbocycles. The van der Waals surface area contributed by atoms with Gasteiger partial charge in [0.1, 0.15) is 0 Å². The predicted molar refractivity (Wildman–Crippen MR) is 58.4 cm³/mol. The SMILES string of the molecule is COC(=O)/C1=C/CCCCCCC(O)C1. The molecule has 0 bridgehead atoms. The summed E-state index contributed by atoms with van der Waals surface area (Å²) < 4.78 is 4.69. The van der Waals surface area contributed by atoms with Crippen molar-refractivity contribution < 1.29 is 14.6 Å². The Morgan fingerprint density at radius 1 is 1.40 bits per heavy atom. The topological polar surface area (TPSA) is 46.5 Å². The maximum absolute atomic E-state index is 11.4. The van der Waals surface area contributed by atoms with E-state index in [2.05, 4.69) is 4.74 Å². The van der Waals surface area contributed by atoms with Crippen LogP contribution in [0.3, 0.4) is 0 Å². The second-order valence-corrected chi connectivity index (χ2v) is 4.07. The summed E-state index contributed by atoms with van der Waals surface area (Å²) in [6.45, 7) is 0. The van der Waals surface area contributed by atoms with Gasteiger partial charge in [0, 0.05) is 12.0 Å². The summed E-state index contributed by atoms with van der Waals surface area (Å²) in [5.74, 6) is -0.297. The lowest BCUT2D eigenvalue weighted by Gasteiger charge is -2.13. The quantitative estimate of drug-likeness (QED) is 0.678. The van der Waals surface area contributed by atoms with Crippen LogP contribution in [-0.4, -0.2) is 24.3 Å². The number of hydrogen-bond acceptors (Lipinski definition) is 3. The molecule has 0 saturated heterocycles. The van der Waals surface area contributed by atoms with E-state index in [1.807, 2.05) is 6.08 Å². The van der Waals surface area contributed by atoms with Gasteiger partial charge in [-0.05, 0) is 19.3 Å². The van der Waals surface area contributed by atoms with E-state index in [0.717, 1.165) is 25.7 Å². The molecule has 15 heavy (non-hydrogen) atoms. The van der Waals surface area contributed by atoms with Crippen LogP contribution in [0.4, 0.5) is 0 Å². The molecule has 1 aliphatic rings. The first-order valence-corrected chi connectivity index (χ1v) is 5.69. The standard InChI is InChI=1S/C12H20O3/c1-15-12(14)10-7-5-3-2-4-6-8-11(13)9-10/h7,11,13H,2-6,8-9H2,1H3/b10-7+. The number of ether oxygens (including phenoxy) is 1. The van der Waals surface area contributed by atoms with Gasteiger partial charge in [0.15, 0.2) is 0 Å². The van der Waals surface area contributed by atoms with Gasteiger partial charge in [0.2, 0.25) is 0 Å². The molecule has 3 nitrogen and oxygen atoms in total. The van der Waals surface area contributed by atoms with Crippen molar-refractivity contribution in [2.24, 2.45) is 0 Å². The first kappa shape index (κ1) is 12.2. The van der Waals surface area contributed by atoms with Crippen LogP contribution in [0, 0.1) is 0 Å². The first-order valence-electron chi connectivity index (χ1n) is 5.69. The fraction of sp³-hybridized carbons (Fsp3) is 0.750. The number of carbonyl (C=O) groups is 1. The first-order chi connectivity index (χ1) is 7.24. The molecule has 3 heteroatoms. The highest BCUT2D eigenvalue weighted by Gasteiger charge is 2.15. The molecular weight excluding hydrogens is 192 g/mol. The summed E-state index contributed by atoms with van der Waals surface area (Å²) in [7, 11) is 1.38. The maximum atomic E-state index is 11.4. The average molecular weight is 212 g/mol. The number of hydrogen-bond donors (Lipinski definition) is 1. The number of rotatable bonds is 1. The zero-order valence-electron chi connectivity index (χ0n) is 9.37. The lowest BCUT2D eigenvalue weighted by atomic mass is 9.98. The Morgan fingerprint density at radius 2 is 2.13 bits per heavy atom. The number of esters is 1. The van der Waals surface area contributed by atoms with Crippen LogP contribution in [0.1, 0.15) is 44.9 Å². The van der Waals surface area contributed by atoms with Crippen LogP contribution in [0.25, 0.3) is 0 Å². The van der Waals surface area contributed by atoms with E-state index < -0.39 is 6.10 Å². The lowest BCUT2D eigenvalue weighted by Crippen LogP contribution is -2.14. The minimum atomic E-state index is -0.395. The molecule has 0 aromatic carbocycles. The zero-order chi connectivity index (χ0) is 11.1. The van der Waals surface area contributed by atoms with Crippen molar-refractivity contribution in [2.45, 2.75) is 51.0 Å². The second-order valence-electron chi connectivity index (χ2n) is 4.07. The van der Waals surface area contributed by atoms with Gasteiger partial charge >= 0.3 is 5.97 Å². The molecule has 86 valence electrons. The Morgan fingerprint density at radius 3 is 2.87 bits per heavy atom. The fourth-order valence-corrected chi connectivity index (χ4v) is 1.89. The highest BCUT2D eigenvalue weighted by molar-refractivity contribution is 5.88. The van der Waals surface area contributed by atoms with Crippen LogP contribution in [-0.2, 0) is 9.53 Å². The van der Waals surface area contributed by atoms with Crippen molar-refractivity contribution in [3.63, 3.8) is 0 Å². The van der Waals surface area contributed by atoms with Crippen LogP contribution in [0.15, 0.2) is 11.6 Å². The Labute approximate surface area is 91.1 Å². The number of methoxy groups -OCH3 is 1. The minimum absolute atomic E-state index is 0.297. The highest BCUT2D eigenvalue weighted by Crippen LogP contribution is 2.18. The number of aliphatic hydroxyl groups is 1. The van der Waals surface area contributed by atoms with E-state index >= 15 is 0 Å². The highest BCUT2D eigenvalue weighted by atomic mass is 16.5. The van der Waals surface area contributed by atoms with Gasteiger partial charge in [-0.1, -0.05) is 25.3 Å². The Balaban J connectivity index is 2.61. The molecule has 0 heterocycles. The van der Waals surface area contributed by atoms with Gasteiger partial charge in [-0.25, -0.2) is 4.79 Å². The molecule has 0 aromatic heterocycles. The summed E-state index contributed by atoms with van der Waals surface area (Å²) >= 11 is 0. The van der Waals surface area contributed by atoms with Gasteiger partial charge in [-0.3, -0.25) is 0 Å². The fourth-order valence-electron chi connectivity index (χ4n) is 1.89. The van der Waals surface area contributed by atoms with Gasteiger partial charge in [0.05, 0.1) is 13.2 Å². The number of aliphatic hydroxyl groups excluding tert-OH is 1. The van der Waals surface area contributed by atoms with Gasteiger partial charge in [-0.2, -0.15) is 0 Å². The Bertz CT molecular complexity index is 233. The van der Waals surface area contributed by atoms with Crippen LogP contribution in [0.2, 0.25) is 0 Å². The van der Waals surface area contributed by atoms with Gasteiger partial charge < -0.3 is 9.84 Å². The predicted octanol–water partition coefficient (Wildman–Crippen LogP) is 2.19. The third-order valence-electron chi connectivity index (χ3n) is 2.79. The minimum Gasteiger partial charge on any atom is -0.466 e. The van der Waals surface area contributed by atoms with Crippen molar-refractivity contribution in [1.29, 1.82) is 0 Å². The normalized spacial score (nSPS) is 27.6. The summed E-state index contributed by atoms with van der Waals surface area (Å²) in [5, 5.41) is 9.70. The van der Waals surface area contributed by atoms with E-state index in [0.29, 0.717) is 12.0 Å². The molecule has 0 spiro atoms. The molecule has 0 fully saturated rings. The second kappa shape index (κ2) is 6.62. The van der Waals surface area contributed by atoms with Gasteiger partial charge in [-0.15, -0.1) is 0 Å². The van der Waals surface area contributed by atoms with Crippen molar-refractivity contribution in [2.75, 3.05) is 7.11 Å². The zero-order valence-corrected chi connectivity index (χ0v) is 9.37. The van der Waals surface area contributed by atoms with E-state index in [1.165, 1.54) is 20.0 Å². The Hall–Kier alpha value is -0.830. The van der Waals surface area contributed by atoms with E-state index in [1.54, 1.807) is 0 Å². The van der Waals surface area contributed by atoms with E-state index in [4.69, 9.17) is 0 Å². The lowest BCUT2D eigenvalue weighted by molar-refractivity contribution is -0.136. The molecule has 0 aromatic rings. The molecule has 0 amide bonds. The van der Waals surface area contributed by atoms with Crippen LogP contribution < -0.4 is 0 Å². The van der Waals surface area contributed by atoms with Crippen molar-refractivity contribution in [3.8, 4) is 0 Å².